The van der Waals surface area contributed by atoms with Gasteiger partial charge in [0.15, 0.2) is 5.88 Å². The lowest BCUT2D eigenvalue weighted by Crippen LogP contribution is -2.04. The van der Waals surface area contributed by atoms with E-state index in [4.69, 9.17) is 4.74 Å². The number of aromatic nitrogens is 1. The fourth-order valence-corrected chi connectivity index (χ4v) is 2.54. The van der Waals surface area contributed by atoms with Crippen LogP contribution in [0.3, 0.4) is 0 Å². The van der Waals surface area contributed by atoms with Crippen molar-refractivity contribution in [2.45, 2.75) is 13.8 Å². The van der Waals surface area contributed by atoms with Gasteiger partial charge >= 0.3 is 5.97 Å². The highest BCUT2D eigenvalue weighted by atomic mass is 16.5. The van der Waals surface area contributed by atoms with Crippen LogP contribution in [0.2, 0.25) is 0 Å². The summed E-state index contributed by atoms with van der Waals surface area (Å²) in [5.41, 5.74) is 3.40. The lowest BCUT2D eigenvalue weighted by Gasteiger charge is -2.04. The summed E-state index contributed by atoms with van der Waals surface area (Å²) in [6, 6.07) is 12.8. The van der Waals surface area contributed by atoms with Gasteiger partial charge in [-0.2, -0.15) is 0 Å². The van der Waals surface area contributed by atoms with E-state index in [9.17, 15) is 9.90 Å². The van der Waals surface area contributed by atoms with Gasteiger partial charge < -0.3 is 14.8 Å². The van der Waals surface area contributed by atoms with Crippen molar-refractivity contribution in [3.8, 4) is 5.88 Å². The van der Waals surface area contributed by atoms with E-state index in [1.54, 1.807) is 37.4 Å². The summed E-state index contributed by atoms with van der Waals surface area (Å²) in [6.45, 7) is 4.05. The fraction of sp³-hybridized carbons (Fsp3) is 0.158. The number of H-pyrrole nitrogens is 1. The molecule has 0 bridgehead atoms. The normalized spacial score (nSPS) is 11.2. The van der Waals surface area contributed by atoms with E-state index in [0.29, 0.717) is 23.4 Å². The Balaban J connectivity index is 2.02. The molecular formula is C19H18N2O3. The molecule has 2 N–H and O–H groups in total. The Morgan fingerprint density at radius 1 is 1.29 bits per heavy atom. The second-order valence-corrected chi connectivity index (χ2v) is 5.43. The van der Waals surface area contributed by atoms with E-state index in [1.807, 2.05) is 25.1 Å². The second kappa shape index (κ2) is 6.58. The first-order chi connectivity index (χ1) is 11.6. The molecule has 24 heavy (non-hydrogen) atoms. The molecule has 0 unspecified atom stereocenters. The molecule has 0 atom stereocenters. The highest BCUT2D eigenvalue weighted by Gasteiger charge is 2.12. The number of aryl methyl sites for hydroxylation is 1. The number of nitrogens with one attached hydrogen (secondary N) is 1. The third kappa shape index (κ3) is 3.01. The molecule has 0 saturated heterocycles. The number of esters is 1. The molecule has 5 heteroatoms. The van der Waals surface area contributed by atoms with Gasteiger partial charge in [0.2, 0.25) is 0 Å². The molecule has 2 aromatic carbocycles. The molecule has 1 aromatic heterocycles. The van der Waals surface area contributed by atoms with Crippen LogP contribution in [-0.2, 0) is 4.74 Å². The van der Waals surface area contributed by atoms with E-state index in [2.05, 4.69) is 9.98 Å². The molecule has 0 aliphatic heterocycles. The van der Waals surface area contributed by atoms with Gasteiger partial charge in [-0.3, -0.25) is 4.99 Å². The highest BCUT2D eigenvalue weighted by molar-refractivity contribution is 6.04. The van der Waals surface area contributed by atoms with Gasteiger partial charge in [-0.15, -0.1) is 0 Å². The van der Waals surface area contributed by atoms with Gasteiger partial charge in [0, 0.05) is 17.1 Å². The van der Waals surface area contributed by atoms with E-state index in [1.165, 1.54) is 0 Å². The first-order valence-electron chi connectivity index (χ1n) is 7.71. The molecule has 0 saturated carbocycles. The van der Waals surface area contributed by atoms with E-state index >= 15 is 0 Å². The molecule has 0 aliphatic carbocycles. The maximum absolute atomic E-state index is 12.0. The zero-order chi connectivity index (χ0) is 17.1. The van der Waals surface area contributed by atoms with Crippen LogP contribution in [0.4, 0.5) is 5.69 Å². The number of fused-ring (bicyclic) bond motifs is 1. The van der Waals surface area contributed by atoms with Crippen molar-refractivity contribution in [1.29, 1.82) is 0 Å². The predicted octanol–water partition coefficient (Wildman–Crippen LogP) is 4.11. The zero-order valence-corrected chi connectivity index (χ0v) is 13.5. The van der Waals surface area contributed by atoms with Crippen LogP contribution in [0.1, 0.15) is 28.4 Å². The quantitative estimate of drug-likeness (QED) is 0.561. The van der Waals surface area contributed by atoms with Crippen molar-refractivity contribution in [3.63, 3.8) is 0 Å². The maximum atomic E-state index is 12.0. The third-order valence-electron chi connectivity index (χ3n) is 3.71. The van der Waals surface area contributed by atoms with Gasteiger partial charge in [-0.05, 0) is 38.1 Å². The van der Waals surface area contributed by atoms with E-state index in [-0.39, 0.29) is 5.88 Å². The standard InChI is InChI=1S/C19H18N2O3/c1-3-24-19(23)13-6-4-5-7-16(13)20-11-15-14-10-12(2)8-9-17(14)21-18(15)22/h4-11,21-22H,3H2,1-2H3. The van der Waals surface area contributed by atoms with Crippen molar-refractivity contribution in [2.24, 2.45) is 4.99 Å². The molecule has 0 amide bonds. The molecule has 3 rings (SSSR count). The number of hydrogen-bond donors (Lipinski definition) is 2. The monoisotopic (exact) mass is 322 g/mol. The molecular weight excluding hydrogens is 304 g/mol. The van der Waals surface area contributed by atoms with Gasteiger partial charge in [0.05, 0.1) is 23.4 Å². The molecule has 0 radical (unpaired) electrons. The largest absolute Gasteiger partial charge is 0.494 e. The Labute approximate surface area is 139 Å². The average molecular weight is 322 g/mol. The van der Waals surface area contributed by atoms with Crippen molar-refractivity contribution >= 4 is 28.8 Å². The van der Waals surface area contributed by atoms with Crippen LogP contribution in [0.15, 0.2) is 47.5 Å². The zero-order valence-electron chi connectivity index (χ0n) is 13.5. The number of para-hydroxylation sites is 1. The number of nitrogens with zero attached hydrogens (tertiary/aromatic N) is 1. The van der Waals surface area contributed by atoms with Crippen LogP contribution >= 0.6 is 0 Å². The van der Waals surface area contributed by atoms with Gasteiger partial charge in [-0.25, -0.2) is 4.79 Å². The minimum atomic E-state index is -0.413. The Hall–Kier alpha value is -3.08. The highest BCUT2D eigenvalue weighted by Crippen LogP contribution is 2.28. The van der Waals surface area contributed by atoms with E-state index < -0.39 is 5.97 Å². The summed E-state index contributed by atoms with van der Waals surface area (Å²) < 4.78 is 5.05. The van der Waals surface area contributed by atoms with Crippen LogP contribution < -0.4 is 0 Å². The predicted molar refractivity (Wildman–Crippen MR) is 94.4 cm³/mol. The minimum Gasteiger partial charge on any atom is -0.494 e. The van der Waals surface area contributed by atoms with Crippen LogP contribution in [-0.4, -0.2) is 28.9 Å². The van der Waals surface area contributed by atoms with Crippen molar-refractivity contribution < 1.29 is 14.6 Å². The molecule has 0 aliphatic rings. The minimum absolute atomic E-state index is 0.0490. The number of rotatable bonds is 4. The average Bonchev–Trinajstić information content (AvgIpc) is 2.88. The van der Waals surface area contributed by atoms with Gasteiger partial charge in [0.25, 0.3) is 0 Å². The molecule has 0 fully saturated rings. The fourth-order valence-electron chi connectivity index (χ4n) is 2.54. The van der Waals surface area contributed by atoms with Gasteiger partial charge in [0.1, 0.15) is 0 Å². The Morgan fingerprint density at radius 2 is 2.08 bits per heavy atom. The molecule has 5 nitrogen and oxygen atoms in total. The number of ether oxygens (including phenoxy) is 1. The lowest BCUT2D eigenvalue weighted by atomic mass is 10.1. The summed E-state index contributed by atoms with van der Waals surface area (Å²) in [5, 5.41) is 11.0. The Kier molecular flexibility index (Phi) is 4.33. The van der Waals surface area contributed by atoms with Crippen LogP contribution in [0, 0.1) is 6.92 Å². The van der Waals surface area contributed by atoms with Crippen LogP contribution in [0.5, 0.6) is 5.88 Å². The number of benzene rings is 2. The topological polar surface area (TPSA) is 74.7 Å². The number of carbonyl (C=O) groups excluding carboxylic acids is 1. The third-order valence-corrected chi connectivity index (χ3v) is 3.71. The van der Waals surface area contributed by atoms with E-state index in [0.717, 1.165) is 16.5 Å². The molecule has 122 valence electrons. The first kappa shape index (κ1) is 15.8. The summed E-state index contributed by atoms with van der Waals surface area (Å²) >= 11 is 0. The lowest BCUT2D eigenvalue weighted by molar-refractivity contribution is 0.0527. The van der Waals surface area contributed by atoms with Crippen molar-refractivity contribution in [2.75, 3.05) is 6.61 Å². The molecule has 0 spiro atoms. The molecule has 1 heterocycles. The number of aromatic hydroxyl groups is 1. The number of aromatic amines is 1. The van der Waals surface area contributed by atoms with Crippen LogP contribution in [0.25, 0.3) is 10.9 Å². The number of carbonyl (C=O) groups is 1. The second-order valence-electron chi connectivity index (χ2n) is 5.43. The first-order valence-corrected chi connectivity index (χ1v) is 7.71. The van der Waals surface area contributed by atoms with Gasteiger partial charge in [-0.1, -0.05) is 23.8 Å². The van der Waals surface area contributed by atoms with Crippen molar-refractivity contribution in [1.82, 2.24) is 4.98 Å². The number of aliphatic imine (C=N–C) groups is 1. The number of hydrogen-bond acceptors (Lipinski definition) is 4. The summed E-state index contributed by atoms with van der Waals surface area (Å²) in [6.07, 6.45) is 1.56. The summed E-state index contributed by atoms with van der Waals surface area (Å²) in [4.78, 5) is 19.3. The molecule has 3 aromatic rings. The van der Waals surface area contributed by atoms with Crippen molar-refractivity contribution in [3.05, 3.63) is 59.2 Å². The maximum Gasteiger partial charge on any atom is 0.340 e. The summed E-state index contributed by atoms with van der Waals surface area (Å²) in [7, 11) is 0. The SMILES string of the molecule is CCOC(=O)c1ccccc1N=Cc1c(O)[nH]c2ccc(C)cc12. The Morgan fingerprint density at radius 3 is 2.88 bits per heavy atom. The Bertz CT molecular complexity index is 926. The smallest absolute Gasteiger partial charge is 0.340 e. The summed E-state index contributed by atoms with van der Waals surface area (Å²) in [5.74, 6) is -0.364.